The van der Waals surface area contributed by atoms with Gasteiger partial charge < -0.3 is 5.32 Å². The second-order valence-electron chi connectivity index (χ2n) is 4.68. The highest BCUT2D eigenvalue weighted by Crippen LogP contribution is 2.37. The third kappa shape index (κ3) is 5.77. The predicted molar refractivity (Wildman–Crippen MR) is 87.5 cm³/mol. The summed E-state index contributed by atoms with van der Waals surface area (Å²) in [6, 6.07) is 0.902. The molecule has 0 unspecified atom stereocenters. The molecular formula is C13H9F6N3OS3. The van der Waals surface area contributed by atoms with E-state index < -0.39 is 35.1 Å². The Labute approximate surface area is 155 Å². The number of alkyl halides is 6. The summed E-state index contributed by atoms with van der Waals surface area (Å²) in [5.41, 5.74) is -3.58. The Kier molecular flexibility index (Phi) is 6.45. The number of aromatic nitrogens is 2. The summed E-state index contributed by atoms with van der Waals surface area (Å²) in [5, 5.41) is 2.55. The number of benzene rings is 1. The van der Waals surface area contributed by atoms with E-state index in [0.29, 0.717) is 21.6 Å². The average molecular weight is 433 g/mol. The van der Waals surface area contributed by atoms with Gasteiger partial charge in [0.15, 0.2) is 4.34 Å². The van der Waals surface area contributed by atoms with E-state index >= 15 is 0 Å². The fourth-order valence-corrected chi connectivity index (χ4v) is 3.70. The quantitative estimate of drug-likeness (QED) is 0.530. The van der Waals surface area contributed by atoms with Gasteiger partial charge in [-0.15, -0.1) is 0 Å². The van der Waals surface area contributed by atoms with Gasteiger partial charge in [0.05, 0.1) is 16.9 Å². The molecule has 0 aliphatic heterocycles. The molecule has 26 heavy (non-hydrogen) atoms. The van der Waals surface area contributed by atoms with Gasteiger partial charge in [0.25, 0.3) is 0 Å². The van der Waals surface area contributed by atoms with E-state index in [0.717, 1.165) is 23.3 Å². The van der Waals surface area contributed by atoms with E-state index in [1.165, 1.54) is 11.8 Å². The molecule has 0 atom stereocenters. The minimum atomic E-state index is -4.98. The van der Waals surface area contributed by atoms with Crippen LogP contribution in [-0.2, 0) is 17.1 Å². The number of carbonyl (C=O) groups is 1. The Bertz CT molecular complexity index is 758. The first-order valence-electron chi connectivity index (χ1n) is 6.59. The van der Waals surface area contributed by atoms with Crippen LogP contribution in [0.25, 0.3) is 0 Å². The van der Waals surface area contributed by atoms with E-state index in [-0.39, 0.29) is 11.8 Å². The van der Waals surface area contributed by atoms with Crippen molar-refractivity contribution in [3.63, 3.8) is 0 Å². The molecule has 0 radical (unpaired) electrons. The molecule has 0 fully saturated rings. The Morgan fingerprint density at radius 3 is 2.15 bits per heavy atom. The number of nitrogens with zero attached hydrogens (tertiary/aromatic N) is 2. The summed E-state index contributed by atoms with van der Waals surface area (Å²) in [5.74, 6) is -0.996. The van der Waals surface area contributed by atoms with Crippen molar-refractivity contribution in [1.82, 2.24) is 9.36 Å². The van der Waals surface area contributed by atoms with Crippen molar-refractivity contribution in [3.8, 4) is 0 Å². The molecule has 142 valence electrons. The molecule has 0 saturated carbocycles. The second kappa shape index (κ2) is 8.05. The van der Waals surface area contributed by atoms with Crippen LogP contribution in [0.2, 0.25) is 0 Å². The third-order valence-corrected chi connectivity index (χ3v) is 5.27. The summed E-state index contributed by atoms with van der Waals surface area (Å²) in [6.07, 6.45) is -8.19. The Morgan fingerprint density at radius 1 is 1.12 bits per heavy atom. The van der Waals surface area contributed by atoms with E-state index in [9.17, 15) is 31.1 Å². The Hall–Kier alpha value is -1.47. The minimum Gasteiger partial charge on any atom is -0.325 e. The van der Waals surface area contributed by atoms with Crippen LogP contribution in [0.3, 0.4) is 0 Å². The molecule has 4 nitrogen and oxygen atoms in total. The molecule has 1 amide bonds. The van der Waals surface area contributed by atoms with Gasteiger partial charge in [-0.3, -0.25) is 4.79 Å². The van der Waals surface area contributed by atoms with Crippen LogP contribution in [0.4, 0.5) is 32.0 Å². The lowest BCUT2D eigenvalue weighted by molar-refractivity contribution is -0.143. The molecule has 0 spiro atoms. The minimum absolute atomic E-state index is 0.00438. The van der Waals surface area contributed by atoms with Crippen molar-refractivity contribution < 1.29 is 31.1 Å². The number of amides is 1. The van der Waals surface area contributed by atoms with Crippen LogP contribution < -0.4 is 5.32 Å². The number of rotatable bonds is 5. The first-order valence-corrected chi connectivity index (χ1v) is 9.57. The molecule has 0 aliphatic rings. The van der Waals surface area contributed by atoms with Gasteiger partial charge in [-0.1, -0.05) is 23.5 Å². The first kappa shape index (κ1) is 20.8. The highest BCUT2D eigenvalue weighted by atomic mass is 32.2. The number of halogens is 6. The molecule has 1 heterocycles. The fraction of sp³-hybridized carbons (Fsp3) is 0.308. The molecule has 2 aromatic rings. The van der Waals surface area contributed by atoms with Crippen molar-refractivity contribution >= 4 is 46.7 Å². The van der Waals surface area contributed by atoms with E-state index in [1.807, 2.05) is 5.32 Å². The standard InChI is InChI=1S/C13H9F6N3OS3/c1-24-10-21-11(26-22-10)25-5-9(23)20-8-3-6(12(14,15)16)2-7(4-8)13(17,18)19/h2-4H,5H2,1H3,(H,20,23). The monoisotopic (exact) mass is 433 g/mol. The average Bonchev–Trinajstić information content (AvgIpc) is 2.99. The van der Waals surface area contributed by atoms with Gasteiger partial charge in [0.2, 0.25) is 11.1 Å². The maximum absolute atomic E-state index is 12.8. The maximum Gasteiger partial charge on any atom is 0.416 e. The summed E-state index contributed by atoms with van der Waals surface area (Å²) >= 11 is 3.31. The maximum atomic E-state index is 12.8. The fourth-order valence-electron chi connectivity index (χ4n) is 1.69. The summed E-state index contributed by atoms with van der Waals surface area (Å²) in [6.45, 7) is 0. The van der Waals surface area contributed by atoms with Crippen LogP contribution in [-0.4, -0.2) is 27.3 Å². The highest BCUT2D eigenvalue weighted by molar-refractivity contribution is 8.01. The molecule has 0 saturated heterocycles. The third-order valence-electron chi connectivity index (χ3n) is 2.77. The zero-order valence-corrected chi connectivity index (χ0v) is 15.2. The van der Waals surface area contributed by atoms with E-state index in [4.69, 9.17) is 0 Å². The Balaban J connectivity index is 2.12. The number of hydrogen-bond donors (Lipinski definition) is 1. The van der Waals surface area contributed by atoms with Crippen molar-refractivity contribution in [3.05, 3.63) is 29.3 Å². The van der Waals surface area contributed by atoms with E-state index in [1.54, 1.807) is 6.26 Å². The molecule has 1 N–H and O–H groups in total. The SMILES string of the molecule is CSc1nsc(SCC(=O)Nc2cc(C(F)(F)F)cc(C(F)(F)F)c2)n1. The number of hydrogen-bond acceptors (Lipinski definition) is 6. The van der Waals surface area contributed by atoms with Crippen LogP contribution in [0.15, 0.2) is 27.7 Å². The van der Waals surface area contributed by atoms with Crippen molar-refractivity contribution in [2.24, 2.45) is 0 Å². The first-order chi connectivity index (χ1) is 12.0. The molecule has 13 heteroatoms. The van der Waals surface area contributed by atoms with Crippen molar-refractivity contribution in [1.29, 1.82) is 0 Å². The lowest BCUT2D eigenvalue weighted by Gasteiger charge is -2.14. The smallest absolute Gasteiger partial charge is 0.325 e. The van der Waals surface area contributed by atoms with Crippen LogP contribution in [0.1, 0.15) is 11.1 Å². The zero-order valence-electron chi connectivity index (χ0n) is 12.7. The number of nitrogens with one attached hydrogen (secondary N) is 1. The van der Waals surface area contributed by atoms with Crippen LogP contribution >= 0.6 is 35.1 Å². The molecular weight excluding hydrogens is 424 g/mol. The summed E-state index contributed by atoms with van der Waals surface area (Å²) < 4.78 is 81.1. The lowest BCUT2D eigenvalue weighted by atomic mass is 10.1. The summed E-state index contributed by atoms with van der Waals surface area (Å²) in [7, 11) is 0. The number of carbonyl (C=O) groups excluding carboxylic acids is 1. The van der Waals surface area contributed by atoms with Gasteiger partial charge in [-0.25, -0.2) is 4.98 Å². The molecule has 2 rings (SSSR count). The van der Waals surface area contributed by atoms with E-state index in [2.05, 4.69) is 9.36 Å². The predicted octanol–water partition coefficient (Wildman–Crippen LogP) is 5.03. The van der Waals surface area contributed by atoms with Crippen molar-refractivity contribution in [2.45, 2.75) is 21.8 Å². The lowest BCUT2D eigenvalue weighted by Crippen LogP contribution is -2.17. The largest absolute Gasteiger partial charge is 0.416 e. The van der Waals surface area contributed by atoms with Gasteiger partial charge in [0, 0.05) is 5.69 Å². The normalized spacial score (nSPS) is 12.3. The molecule has 0 bridgehead atoms. The molecule has 1 aromatic carbocycles. The highest BCUT2D eigenvalue weighted by Gasteiger charge is 2.37. The van der Waals surface area contributed by atoms with Gasteiger partial charge >= 0.3 is 12.4 Å². The Morgan fingerprint density at radius 2 is 1.69 bits per heavy atom. The van der Waals surface area contributed by atoms with Crippen LogP contribution in [0, 0.1) is 0 Å². The van der Waals surface area contributed by atoms with Crippen molar-refractivity contribution in [2.75, 3.05) is 17.3 Å². The zero-order chi connectivity index (χ0) is 19.5. The molecule has 1 aromatic heterocycles. The number of anilines is 1. The topological polar surface area (TPSA) is 54.9 Å². The second-order valence-corrected chi connectivity index (χ2v) is 7.43. The number of thioether (sulfide) groups is 2. The van der Waals surface area contributed by atoms with Crippen LogP contribution in [0.5, 0.6) is 0 Å². The summed E-state index contributed by atoms with van der Waals surface area (Å²) in [4.78, 5) is 15.9. The van der Waals surface area contributed by atoms with Gasteiger partial charge in [0.1, 0.15) is 0 Å². The van der Waals surface area contributed by atoms with Gasteiger partial charge in [-0.05, 0) is 36.0 Å². The van der Waals surface area contributed by atoms with Gasteiger partial charge in [-0.2, -0.15) is 30.7 Å². The molecule has 0 aliphatic carbocycles.